The Hall–Kier alpha value is -7.26. The molecule has 0 spiro atoms. The first-order chi connectivity index (χ1) is 31.7. The molecule has 1 saturated heterocycles. The predicted octanol–water partition coefficient (Wildman–Crippen LogP) is -7.62. The lowest BCUT2D eigenvalue weighted by atomic mass is 10.0. The van der Waals surface area contributed by atoms with Crippen LogP contribution in [0, 0.1) is 0 Å². The number of amides is 11. The maximum absolute atomic E-state index is 13.8. The number of rotatable bonds is 30. The summed E-state index contributed by atoms with van der Waals surface area (Å²) >= 11 is 0. The highest BCUT2D eigenvalue weighted by Crippen LogP contribution is 2.09. The molecule has 0 aliphatic carbocycles. The van der Waals surface area contributed by atoms with E-state index in [9.17, 15) is 72.9 Å². The molecule has 18 N–H and O–H groups in total. The molecule has 67 heavy (non-hydrogen) atoms. The van der Waals surface area contributed by atoms with Crippen molar-refractivity contribution in [2.45, 2.75) is 113 Å². The van der Waals surface area contributed by atoms with Crippen LogP contribution >= 0.6 is 0 Å². The number of carbonyl (C=O) groups is 12. The van der Waals surface area contributed by atoms with Gasteiger partial charge in [-0.25, -0.2) is 4.79 Å². The molecular weight excluding hydrogens is 889 g/mol. The fourth-order valence-corrected chi connectivity index (χ4v) is 6.28. The van der Waals surface area contributed by atoms with E-state index in [1.54, 1.807) is 30.3 Å². The van der Waals surface area contributed by atoms with Crippen molar-refractivity contribution in [3.05, 3.63) is 35.9 Å². The Balaban J connectivity index is 2.22. The maximum Gasteiger partial charge on any atom is 0.326 e. The number of hydrogen-bond donors (Lipinski definition) is 15. The van der Waals surface area contributed by atoms with Gasteiger partial charge in [-0.3, -0.25) is 52.7 Å². The second-order valence-corrected chi connectivity index (χ2v) is 15.4. The van der Waals surface area contributed by atoms with Crippen LogP contribution in [0.1, 0.15) is 63.9 Å². The highest BCUT2D eigenvalue weighted by molar-refractivity contribution is 5.98. The van der Waals surface area contributed by atoms with Gasteiger partial charge in [0, 0.05) is 19.3 Å². The highest BCUT2D eigenvalue weighted by atomic mass is 16.4. The second kappa shape index (κ2) is 28.6. The Morgan fingerprint density at radius 3 is 1.75 bits per heavy atom. The summed E-state index contributed by atoms with van der Waals surface area (Å²) < 4.78 is 0. The number of carboxylic acid groups (broad SMARTS) is 1. The van der Waals surface area contributed by atoms with Crippen LogP contribution in [0.15, 0.2) is 30.3 Å². The molecular formula is C40H60N12O15. The van der Waals surface area contributed by atoms with Crippen molar-refractivity contribution in [3.63, 3.8) is 0 Å². The maximum atomic E-state index is 13.8. The third kappa shape index (κ3) is 20.2. The second-order valence-electron chi connectivity index (χ2n) is 15.4. The zero-order valence-electron chi connectivity index (χ0n) is 36.7. The van der Waals surface area contributed by atoms with Crippen LogP contribution in [-0.4, -0.2) is 161 Å². The molecule has 2 rings (SSSR count). The monoisotopic (exact) mass is 948 g/mol. The minimum atomic E-state index is -1.78. The first-order valence-corrected chi connectivity index (χ1v) is 21.1. The standard InChI is InChI=1S/C40H60N12O15/c1-20(45-35(61)23-11-13-31(57)46-23)33(59)48-22(9-5-6-14-41)36(62)52-28(19-54)39(65)49-24(10-12-29(42)55)37(63)50-25(15-21-7-3-2-4-8-21)34(60)44-17-32(58)47-27(18-53)38(64)51-26(40(66)67)16-30(43)56/h2-4,7-8,20,22-28,53-54H,5-6,9-19,41H2,1H3,(H2,42,55)(H2,43,56)(H,44,60)(H,45,61)(H,46,57)(H,47,58)(H,48,59)(H,49,65)(H,50,63)(H,51,64)(H,52,62)(H,66,67)/t20-,22-,23-,24-,25+,26-,27-,28-/m0/s1. The van der Waals surface area contributed by atoms with Gasteiger partial charge in [0.15, 0.2) is 0 Å². The molecule has 1 aromatic carbocycles. The molecule has 8 atom stereocenters. The van der Waals surface area contributed by atoms with Crippen molar-refractivity contribution in [3.8, 4) is 0 Å². The Morgan fingerprint density at radius 1 is 0.672 bits per heavy atom. The van der Waals surface area contributed by atoms with E-state index in [-0.39, 0.29) is 38.1 Å². The highest BCUT2D eigenvalue weighted by Gasteiger charge is 2.34. The molecule has 27 nitrogen and oxygen atoms in total. The molecule has 1 fully saturated rings. The summed E-state index contributed by atoms with van der Waals surface area (Å²) in [5.41, 5.74) is 16.4. The summed E-state index contributed by atoms with van der Waals surface area (Å²) in [6.45, 7) is -1.32. The zero-order chi connectivity index (χ0) is 50.2. The molecule has 0 bridgehead atoms. The third-order valence-corrected chi connectivity index (χ3v) is 9.96. The molecule has 1 heterocycles. The molecule has 0 aromatic heterocycles. The van der Waals surface area contributed by atoms with Crippen LogP contribution in [0.2, 0.25) is 0 Å². The number of nitrogens with one attached hydrogen (secondary N) is 9. The lowest BCUT2D eigenvalue weighted by Crippen LogP contribution is -2.60. The topological polar surface area (TPSA) is 452 Å². The van der Waals surface area contributed by atoms with Crippen LogP contribution in [0.25, 0.3) is 0 Å². The Labute approximate surface area is 383 Å². The fraction of sp³-hybridized carbons (Fsp3) is 0.550. The van der Waals surface area contributed by atoms with Crippen molar-refractivity contribution in [2.24, 2.45) is 17.2 Å². The third-order valence-electron chi connectivity index (χ3n) is 9.96. The van der Waals surface area contributed by atoms with Crippen LogP contribution in [-0.2, 0) is 64.0 Å². The van der Waals surface area contributed by atoms with Crippen molar-refractivity contribution in [1.82, 2.24) is 47.9 Å². The number of benzene rings is 1. The minimum Gasteiger partial charge on any atom is -0.480 e. The van der Waals surface area contributed by atoms with E-state index in [1.165, 1.54) is 6.92 Å². The molecule has 27 heteroatoms. The summed E-state index contributed by atoms with van der Waals surface area (Å²) in [4.78, 5) is 151. The van der Waals surface area contributed by atoms with Crippen LogP contribution < -0.4 is 65.1 Å². The SMILES string of the molecule is C[C@H](NC(=O)[C@@H]1CCC(=O)N1)C(=O)N[C@@H](CCCCN)C(=O)N[C@@H](CO)C(=O)N[C@@H](CCC(N)=O)C(=O)N[C@H](Cc1ccccc1)C(=O)NCC(=O)N[C@@H](CO)C(=O)N[C@@H](CC(N)=O)C(=O)O. The van der Waals surface area contributed by atoms with Crippen LogP contribution in [0.4, 0.5) is 0 Å². The van der Waals surface area contributed by atoms with Crippen molar-refractivity contribution < 1.29 is 72.9 Å². The predicted molar refractivity (Wildman–Crippen MR) is 230 cm³/mol. The Morgan fingerprint density at radius 2 is 1.21 bits per heavy atom. The number of aliphatic hydroxyl groups excluding tert-OH is 2. The van der Waals surface area contributed by atoms with Gasteiger partial charge in [-0.1, -0.05) is 30.3 Å². The lowest BCUT2D eigenvalue weighted by Gasteiger charge is -2.26. The quantitative estimate of drug-likeness (QED) is 0.0319. The minimum absolute atomic E-state index is 0.00697. The first kappa shape index (κ1) is 55.9. The van der Waals surface area contributed by atoms with Crippen molar-refractivity contribution in [1.29, 1.82) is 0 Å². The van der Waals surface area contributed by atoms with E-state index in [0.717, 1.165) is 0 Å². The fourth-order valence-electron chi connectivity index (χ4n) is 6.28. The Bertz CT molecular complexity index is 1960. The number of carbonyl (C=O) groups excluding carboxylic acids is 11. The number of unbranched alkanes of at least 4 members (excludes halogenated alkanes) is 1. The van der Waals surface area contributed by atoms with Gasteiger partial charge in [-0.15, -0.1) is 0 Å². The van der Waals surface area contributed by atoms with Gasteiger partial charge in [0.05, 0.1) is 26.2 Å². The zero-order valence-corrected chi connectivity index (χ0v) is 36.7. The summed E-state index contributed by atoms with van der Waals surface area (Å²) in [5.74, 6) is -11.7. The van der Waals surface area contributed by atoms with Crippen LogP contribution in [0.5, 0.6) is 0 Å². The van der Waals surface area contributed by atoms with Gasteiger partial charge < -0.3 is 80.4 Å². The first-order valence-electron chi connectivity index (χ1n) is 21.1. The summed E-state index contributed by atoms with van der Waals surface area (Å²) in [7, 11) is 0. The molecule has 1 aliphatic heterocycles. The molecule has 0 radical (unpaired) electrons. The normalized spacial score (nSPS) is 16.1. The number of carboxylic acids is 1. The summed E-state index contributed by atoms with van der Waals surface area (Å²) in [6, 6.07) is -3.59. The molecule has 1 aliphatic rings. The van der Waals surface area contributed by atoms with Crippen LogP contribution in [0.3, 0.4) is 0 Å². The number of hydrogen-bond acceptors (Lipinski definition) is 15. The van der Waals surface area contributed by atoms with E-state index >= 15 is 0 Å². The van der Waals surface area contributed by atoms with Crippen molar-refractivity contribution >= 4 is 70.9 Å². The summed E-state index contributed by atoms with van der Waals surface area (Å²) in [6.07, 6.45) is -0.794. The molecule has 0 saturated carbocycles. The summed E-state index contributed by atoms with van der Waals surface area (Å²) in [5, 5.41) is 49.9. The van der Waals surface area contributed by atoms with Gasteiger partial charge in [0.2, 0.25) is 65.0 Å². The van der Waals surface area contributed by atoms with E-state index in [1.807, 2.05) is 5.32 Å². The number of aliphatic carboxylic acids is 1. The number of aliphatic hydroxyl groups is 2. The van der Waals surface area contributed by atoms with Gasteiger partial charge >= 0.3 is 5.97 Å². The molecule has 11 amide bonds. The van der Waals surface area contributed by atoms with E-state index in [4.69, 9.17) is 17.2 Å². The van der Waals surface area contributed by atoms with E-state index < -0.39 is 152 Å². The van der Waals surface area contributed by atoms with E-state index in [2.05, 4.69) is 42.5 Å². The average molecular weight is 949 g/mol. The molecule has 1 aromatic rings. The molecule has 370 valence electrons. The van der Waals surface area contributed by atoms with Crippen molar-refractivity contribution in [2.75, 3.05) is 26.3 Å². The van der Waals surface area contributed by atoms with E-state index in [0.29, 0.717) is 18.4 Å². The lowest BCUT2D eigenvalue weighted by molar-refractivity contribution is -0.144. The Kier molecular flexibility index (Phi) is 23.9. The van der Waals surface area contributed by atoms with Gasteiger partial charge in [0.1, 0.15) is 48.3 Å². The number of primary amides is 2. The average Bonchev–Trinajstić information content (AvgIpc) is 3.73. The van der Waals surface area contributed by atoms with Gasteiger partial charge in [-0.05, 0) is 51.1 Å². The molecule has 0 unspecified atom stereocenters. The largest absolute Gasteiger partial charge is 0.480 e. The van der Waals surface area contributed by atoms with Gasteiger partial charge in [-0.2, -0.15) is 0 Å². The smallest absolute Gasteiger partial charge is 0.326 e. The number of nitrogens with two attached hydrogens (primary N) is 3. The van der Waals surface area contributed by atoms with Gasteiger partial charge in [0.25, 0.3) is 0 Å².